The molecule has 0 radical (unpaired) electrons. The van der Waals surface area contributed by atoms with E-state index in [2.05, 4.69) is 28.9 Å². The average molecular weight is 245 g/mol. The first-order chi connectivity index (χ1) is 7.08. The zero-order chi connectivity index (χ0) is 11.0. The van der Waals surface area contributed by atoms with Crippen molar-refractivity contribution in [2.24, 2.45) is 5.92 Å². The molecule has 0 bridgehead atoms. The van der Waals surface area contributed by atoms with Gasteiger partial charge in [-0.3, -0.25) is 0 Å². The van der Waals surface area contributed by atoms with Crippen LogP contribution in [0.2, 0.25) is 10.4 Å². The lowest BCUT2D eigenvalue weighted by molar-refractivity contribution is 0.492. The molecule has 0 saturated heterocycles. The summed E-state index contributed by atoms with van der Waals surface area (Å²) in [7, 11) is 0. The molecule has 6 heteroatoms. The van der Waals surface area contributed by atoms with Gasteiger partial charge in [-0.05, 0) is 17.5 Å². The van der Waals surface area contributed by atoms with Gasteiger partial charge in [0.2, 0.25) is 5.28 Å². The Morgan fingerprint density at radius 3 is 2.73 bits per heavy atom. The van der Waals surface area contributed by atoms with E-state index in [1.807, 2.05) is 0 Å². The van der Waals surface area contributed by atoms with Crippen molar-refractivity contribution in [2.45, 2.75) is 20.4 Å². The monoisotopic (exact) mass is 244 g/mol. The Labute approximate surface area is 97.2 Å². The molecular formula is C9H10Cl2N4. The van der Waals surface area contributed by atoms with Crippen LogP contribution in [-0.4, -0.2) is 19.7 Å². The van der Waals surface area contributed by atoms with Crippen LogP contribution in [0.1, 0.15) is 13.8 Å². The molecule has 0 aliphatic rings. The molecule has 2 aromatic rings. The van der Waals surface area contributed by atoms with Crippen LogP contribution in [-0.2, 0) is 6.54 Å². The number of nitrogens with zero attached hydrogens (tertiary/aromatic N) is 4. The quantitative estimate of drug-likeness (QED) is 0.603. The fraction of sp³-hybridized carbons (Fsp3) is 0.444. The smallest absolute Gasteiger partial charge is 0.225 e. The molecule has 0 aliphatic carbocycles. The number of rotatable bonds is 2. The summed E-state index contributed by atoms with van der Waals surface area (Å²) in [6, 6.07) is 0. The molecule has 0 fully saturated rings. The predicted molar refractivity (Wildman–Crippen MR) is 60.2 cm³/mol. The summed E-state index contributed by atoms with van der Waals surface area (Å²) in [6.07, 6.45) is 1.66. The van der Waals surface area contributed by atoms with Crippen molar-refractivity contribution in [1.29, 1.82) is 0 Å². The second kappa shape index (κ2) is 3.94. The molecule has 0 amide bonds. The first kappa shape index (κ1) is 10.6. The Bertz CT molecular complexity index is 492. The lowest BCUT2D eigenvalue weighted by atomic mass is 10.2. The maximum absolute atomic E-state index is 5.92. The van der Waals surface area contributed by atoms with E-state index in [4.69, 9.17) is 23.2 Å². The van der Waals surface area contributed by atoms with Gasteiger partial charge in [0.15, 0.2) is 5.65 Å². The maximum Gasteiger partial charge on any atom is 0.225 e. The molecule has 0 spiro atoms. The topological polar surface area (TPSA) is 43.6 Å². The van der Waals surface area contributed by atoms with E-state index in [0.29, 0.717) is 16.7 Å². The number of hydrogen-bond donors (Lipinski definition) is 0. The minimum Gasteiger partial charge on any atom is -0.247 e. The van der Waals surface area contributed by atoms with Crippen LogP contribution >= 0.6 is 23.2 Å². The lowest BCUT2D eigenvalue weighted by Crippen LogP contribution is -2.06. The Kier molecular flexibility index (Phi) is 2.80. The Hall–Kier alpha value is -0.870. The van der Waals surface area contributed by atoms with Crippen LogP contribution in [0.5, 0.6) is 0 Å². The van der Waals surface area contributed by atoms with Gasteiger partial charge in [-0.15, -0.1) is 0 Å². The van der Waals surface area contributed by atoms with E-state index in [0.717, 1.165) is 11.9 Å². The zero-order valence-corrected chi connectivity index (χ0v) is 9.92. The Morgan fingerprint density at radius 2 is 2.07 bits per heavy atom. The summed E-state index contributed by atoms with van der Waals surface area (Å²) >= 11 is 11.7. The third kappa shape index (κ3) is 2.06. The van der Waals surface area contributed by atoms with Crippen molar-refractivity contribution in [1.82, 2.24) is 19.7 Å². The summed E-state index contributed by atoms with van der Waals surface area (Å²) in [4.78, 5) is 7.98. The zero-order valence-electron chi connectivity index (χ0n) is 8.41. The van der Waals surface area contributed by atoms with E-state index >= 15 is 0 Å². The molecule has 0 saturated carbocycles. The number of aromatic nitrogens is 4. The van der Waals surface area contributed by atoms with Gasteiger partial charge in [0.25, 0.3) is 0 Å². The van der Waals surface area contributed by atoms with Crippen molar-refractivity contribution in [3.05, 3.63) is 16.6 Å². The normalized spacial score (nSPS) is 11.5. The van der Waals surface area contributed by atoms with Crippen molar-refractivity contribution in [2.75, 3.05) is 0 Å². The van der Waals surface area contributed by atoms with Gasteiger partial charge in [0, 0.05) is 6.54 Å². The van der Waals surface area contributed by atoms with E-state index in [1.165, 1.54) is 0 Å². The molecule has 2 aromatic heterocycles. The van der Waals surface area contributed by atoms with Gasteiger partial charge in [-0.25, -0.2) is 9.67 Å². The highest BCUT2D eigenvalue weighted by molar-refractivity contribution is 6.35. The second-order valence-corrected chi connectivity index (χ2v) is 4.44. The van der Waals surface area contributed by atoms with Crippen molar-refractivity contribution in [3.63, 3.8) is 0 Å². The highest BCUT2D eigenvalue weighted by Gasteiger charge is 2.11. The number of halogens is 2. The summed E-state index contributed by atoms with van der Waals surface area (Å²) in [6.45, 7) is 5.00. The minimum absolute atomic E-state index is 0.151. The van der Waals surface area contributed by atoms with Gasteiger partial charge in [-0.2, -0.15) is 10.1 Å². The second-order valence-electron chi connectivity index (χ2n) is 3.74. The number of hydrogen-bond acceptors (Lipinski definition) is 3. The first-order valence-electron chi connectivity index (χ1n) is 4.62. The summed E-state index contributed by atoms with van der Waals surface area (Å²) < 4.78 is 1.79. The molecule has 0 aliphatic heterocycles. The highest BCUT2D eigenvalue weighted by atomic mass is 35.5. The van der Waals surface area contributed by atoms with Crippen LogP contribution in [0, 0.1) is 5.92 Å². The van der Waals surface area contributed by atoms with Crippen LogP contribution < -0.4 is 0 Å². The SMILES string of the molecule is CC(C)Cn1ncc2c(Cl)nc(Cl)nc21. The molecule has 2 heterocycles. The molecule has 0 atom stereocenters. The summed E-state index contributed by atoms with van der Waals surface area (Å²) in [5, 5.41) is 5.44. The maximum atomic E-state index is 5.92. The molecule has 0 unspecified atom stereocenters. The van der Waals surface area contributed by atoms with Crippen LogP contribution in [0.4, 0.5) is 0 Å². The predicted octanol–water partition coefficient (Wildman–Crippen LogP) is 2.79. The highest BCUT2D eigenvalue weighted by Crippen LogP contribution is 2.21. The van der Waals surface area contributed by atoms with Gasteiger partial charge < -0.3 is 0 Å². The fourth-order valence-corrected chi connectivity index (χ4v) is 1.80. The molecule has 80 valence electrons. The third-order valence-electron chi connectivity index (χ3n) is 1.96. The molecular weight excluding hydrogens is 235 g/mol. The van der Waals surface area contributed by atoms with E-state index < -0.39 is 0 Å². The minimum atomic E-state index is 0.151. The molecule has 4 nitrogen and oxygen atoms in total. The Morgan fingerprint density at radius 1 is 1.33 bits per heavy atom. The van der Waals surface area contributed by atoms with Gasteiger partial charge in [0.05, 0.1) is 11.6 Å². The standard InChI is InChI=1S/C9H10Cl2N4/c1-5(2)4-15-8-6(3-12-15)7(10)13-9(11)14-8/h3,5H,4H2,1-2H3. The molecule has 2 rings (SSSR count). The van der Waals surface area contributed by atoms with Crippen LogP contribution in [0.15, 0.2) is 6.20 Å². The summed E-state index contributed by atoms with van der Waals surface area (Å²) in [5.41, 5.74) is 0.689. The van der Waals surface area contributed by atoms with E-state index in [1.54, 1.807) is 10.9 Å². The van der Waals surface area contributed by atoms with Crippen molar-refractivity contribution < 1.29 is 0 Å². The first-order valence-corrected chi connectivity index (χ1v) is 5.38. The van der Waals surface area contributed by atoms with Crippen LogP contribution in [0.3, 0.4) is 0 Å². The largest absolute Gasteiger partial charge is 0.247 e. The van der Waals surface area contributed by atoms with Crippen molar-refractivity contribution in [3.8, 4) is 0 Å². The van der Waals surface area contributed by atoms with Gasteiger partial charge >= 0.3 is 0 Å². The number of fused-ring (bicyclic) bond motifs is 1. The molecule has 0 N–H and O–H groups in total. The Balaban J connectivity index is 2.58. The average Bonchev–Trinajstić information content (AvgIpc) is 2.48. The third-order valence-corrected chi connectivity index (χ3v) is 2.42. The van der Waals surface area contributed by atoms with Gasteiger partial charge in [0.1, 0.15) is 5.15 Å². The van der Waals surface area contributed by atoms with Crippen LogP contribution in [0.25, 0.3) is 11.0 Å². The van der Waals surface area contributed by atoms with E-state index in [9.17, 15) is 0 Å². The summed E-state index contributed by atoms with van der Waals surface area (Å²) in [5.74, 6) is 0.487. The van der Waals surface area contributed by atoms with Gasteiger partial charge in [-0.1, -0.05) is 25.4 Å². The van der Waals surface area contributed by atoms with Crippen molar-refractivity contribution >= 4 is 34.2 Å². The molecule has 15 heavy (non-hydrogen) atoms. The fourth-order valence-electron chi connectivity index (χ4n) is 1.38. The lowest BCUT2D eigenvalue weighted by Gasteiger charge is -2.05. The van der Waals surface area contributed by atoms with E-state index in [-0.39, 0.29) is 5.28 Å². The molecule has 0 aromatic carbocycles.